The van der Waals surface area contributed by atoms with Crippen molar-refractivity contribution in [2.75, 3.05) is 19.0 Å². The Balaban J connectivity index is 2.06. The molecule has 1 aromatic carbocycles. The average molecular weight is 355 g/mol. The minimum Gasteiger partial charge on any atom is -0.377 e. The quantitative estimate of drug-likeness (QED) is 0.817. The number of nitrogens with one attached hydrogen (secondary N) is 1. The summed E-state index contributed by atoms with van der Waals surface area (Å²) in [4.78, 5) is 38.8. The zero-order valence-corrected chi connectivity index (χ0v) is 13.6. The number of nitrogens with zero attached hydrogens (tertiary/aromatic N) is 2. The lowest BCUT2D eigenvalue weighted by Gasteiger charge is -2.29. The van der Waals surface area contributed by atoms with Crippen molar-refractivity contribution in [1.29, 1.82) is 0 Å². The van der Waals surface area contributed by atoms with Crippen molar-refractivity contribution in [3.05, 3.63) is 28.8 Å². The van der Waals surface area contributed by atoms with E-state index in [1.54, 1.807) is 19.0 Å². The number of rotatable bonds is 2. The molecular formula is C16H16F3N3O3. The van der Waals surface area contributed by atoms with Crippen LogP contribution in [0.4, 0.5) is 18.9 Å². The zero-order chi connectivity index (χ0) is 18.5. The van der Waals surface area contributed by atoms with Gasteiger partial charge in [-0.2, -0.15) is 13.2 Å². The van der Waals surface area contributed by atoms with Crippen LogP contribution < -0.4 is 10.2 Å². The summed E-state index contributed by atoms with van der Waals surface area (Å²) in [5, 5.41) is 2.13. The molecule has 1 N–H and O–H groups in total. The molecule has 3 rings (SSSR count). The summed E-state index contributed by atoms with van der Waals surface area (Å²) in [6.07, 6.45) is -4.53. The first-order chi connectivity index (χ1) is 11.6. The fourth-order valence-electron chi connectivity index (χ4n) is 3.31. The molecule has 2 aliphatic rings. The Morgan fingerprint density at radius 2 is 1.88 bits per heavy atom. The number of hydrogen-bond acceptors (Lipinski definition) is 4. The van der Waals surface area contributed by atoms with Crippen LogP contribution in [0, 0.1) is 0 Å². The number of amides is 3. The minimum atomic E-state index is -4.68. The second-order valence-corrected chi connectivity index (χ2v) is 6.28. The highest BCUT2D eigenvalue weighted by molar-refractivity contribution is 6.06. The first-order valence-electron chi connectivity index (χ1n) is 7.66. The fourth-order valence-corrected chi connectivity index (χ4v) is 3.31. The highest BCUT2D eigenvalue weighted by atomic mass is 19.4. The van der Waals surface area contributed by atoms with E-state index in [0.717, 1.165) is 11.0 Å². The van der Waals surface area contributed by atoms with E-state index in [1.807, 2.05) is 0 Å². The van der Waals surface area contributed by atoms with Gasteiger partial charge in [0.25, 0.3) is 5.91 Å². The lowest BCUT2D eigenvalue weighted by atomic mass is 10.0. The summed E-state index contributed by atoms with van der Waals surface area (Å²) >= 11 is 0. The molecule has 1 atom stereocenters. The van der Waals surface area contributed by atoms with Crippen LogP contribution >= 0.6 is 0 Å². The van der Waals surface area contributed by atoms with Crippen LogP contribution in [0.2, 0.25) is 0 Å². The number of carbonyl (C=O) groups is 3. The van der Waals surface area contributed by atoms with Gasteiger partial charge in [0.15, 0.2) is 0 Å². The van der Waals surface area contributed by atoms with E-state index in [9.17, 15) is 27.6 Å². The Hall–Kier alpha value is -2.58. The number of piperidine rings is 1. The van der Waals surface area contributed by atoms with Crippen molar-refractivity contribution in [2.45, 2.75) is 31.6 Å². The molecule has 134 valence electrons. The second-order valence-electron chi connectivity index (χ2n) is 6.28. The van der Waals surface area contributed by atoms with Crippen LogP contribution in [-0.4, -0.2) is 42.8 Å². The number of imide groups is 1. The van der Waals surface area contributed by atoms with Crippen molar-refractivity contribution in [3.63, 3.8) is 0 Å². The topological polar surface area (TPSA) is 69.7 Å². The Kier molecular flexibility index (Phi) is 3.97. The normalized spacial score (nSPS) is 20.6. The maximum Gasteiger partial charge on any atom is 0.417 e. The van der Waals surface area contributed by atoms with Crippen LogP contribution in [0.3, 0.4) is 0 Å². The number of anilines is 1. The number of fused-ring (bicyclic) bond motifs is 1. The van der Waals surface area contributed by atoms with Crippen molar-refractivity contribution < 1.29 is 27.6 Å². The third-order valence-corrected chi connectivity index (χ3v) is 4.46. The molecular weight excluding hydrogens is 339 g/mol. The average Bonchev–Trinajstić information content (AvgIpc) is 2.83. The van der Waals surface area contributed by atoms with Crippen molar-refractivity contribution in [3.8, 4) is 0 Å². The third-order valence-electron chi connectivity index (χ3n) is 4.46. The highest BCUT2D eigenvalue weighted by Gasteiger charge is 2.45. The summed E-state index contributed by atoms with van der Waals surface area (Å²) < 4.78 is 40.0. The standard InChI is InChI=1S/C16H16F3N3O3/c1-21(2)10-4-3-9(16(17,18)19)13-8(10)7-22(15(13)25)11-5-6-12(23)20-14(11)24/h3-4,11H,5-7H2,1-2H3,(H,20,23,24). The molecule has 0 saturated carbocycles. The molecule has 6 nitrogen and oxygen atoms in total. The Morgan fingerprint density at radius 3 is 2.44 bits per heavy atom. The van der Waals surface area contributed by atoms with E-state index in [1.165, 1.54) is 6.07 Å². The van der Waals surface area contributed by atoms with Gasteiger partial charge in [0.2, 0.25) is 11.8 Å². The Bertz CT molecular complexity index is 774. The van der Waals surface area contributed by atoms with Crippen LogP contribution in [0.1, 0.15) is 34.3 Å². The number of hydrogen-bond donors (Lipinski definition) is 1. The van der Waals surface area contributed by atoms with E-state index >= 15 is 0 Å². The van der Waals surface area contributed by atoms with Gasteiger partial charge < -0.3 is 9.80 Å². The Morgan fingerprint density at radius 1 is 1.20 bits per heavy atom. The largest absolute Gasteiger partial charge is 0.417 e. The van der Waals surface area contributed by atoms with Gasteiger partial charge in [0, 0.05) is 38.3 Å². The van der Waals surface area contributed by atoms with Gasteiger partial charge in [-0.3, -0.25) is 19.7 Å². The molecule has 2 aliphatic heterocycles. The van der Waals surface area contributed by atoms with Gasteiger partial charge >= 0.3 is 6.18 Å². The Labute approximate surface area is 141 Å². The molecule has 0 aromatic heterocycles. The van der Waals surface area contributed by atoms with Crippen LogP contribution in [0.15, 0.2) is 12.1 Å². The summed E-state index contributed by atoms with van der Waals surface area (Å²) in [6, 6.07) is 1.26. The molecule has 25 heavy (non-hydrogen) atoms. The monoisotopic (exact) mass is 355 g/mol. The molecule has 9 heteroatoms. The van der Waals surface area contributed by atoms with Gasteiger partial charge in [-0.05, 0) is 18.6 Å². The molecule has 0 aliphatic carbocycles. The third kappa shape index (κ3) is 2.83. The van der Waals surface area contributed by atoms with E-state index < -0.39 is 41.1 Å². The molecule has 2 heterocycles. The van der Waals surface area contributed by atoms with E-state index in [4.69, 9.17) is 0 Å². The van der Waals surface area contributed by atoms with Gasteiger partial charge in [-0.1, -0.05) is 0 Å². The molecule has 0 radical (unpaired) electrons. The van der Waals surface area contributed by atoms with Crippen molar-refractivity contribution in [2.24, 2.45) is 0 Å². The van der Waals surface area contributed by atoms with Crippen molar-refractivity contribution in [1.82, 2.24) is 10.2 Å². The molecule has 1 saturated heterocycles. The van der Waals surface area contributed by atoms with Crippen molar-refractivity contribution >= 4 is 23.4 Å². The van der Waals surface area contributed by atoms with E-state index in [-0.39, 0.29) is 24.9 Å². The van der Waals surface area contributed by atoms with E-state index in [0.29, 0.717) is 5.69 Å². The van der Waals surface area contributed by atoms with E-state index in [2.05, 4.69) is 5.32 Å². The first-order valence-corrected chi connectivity index (χ1v) is 7.66. The van der Waals surface area contributed by atoms with Gasteiger partial charge in [0.1, 0.15) is 6.04 Å². The molecule has 3 amide bonds. The smallest absolute Gasteiger partial charge is 0.377 e. The molecule has 1 aromatic rings. The lowest BCUT2D eigenvalue weighted by Crippen LogP contribution is -2.52. The fraction of sp³-hybridized carbons (Fsp3) is 0.438. The SMILES string of the molecule is CN(C)c1ccc(C(F)(F)F)c2c1CN(C1CCC(=O)NC1=O)C2=O. The lowest BCUT2D eigenvalue weighted by molar-refractivity contribution is -0.138. The summed E-state index contributed by atoms with van der Waals surface area (Å²) in [5.74, 6) is -1.94. The van der Waals surface area contributed by atoms with Gasteiger partial charge in [-0.15, -0.1) is 0 Å². The molecule has 0 bridgehead atoms. The second kappa shape index (κ2) is 5.75. The molecule has 1 unspecified atom stereocenters. The predicted molar refractivity (Wildman–Crippen MR) is 81.8 cm³/mol. The summed E-state index contributed by atoms with van der Waals surface area (Å²) in [6.45, 7) is -0.0993. The number of alkyl halides is 3. The maximum absolute atomic E-state index is 13.3. The summed E-state index contributed by atoms with van der Waals surface area (Å²) in [7, 11) is 3.34. The zero-order valence-electron chi connectivity index (χ0n) is 13.6. The number of benzene rings is 1. The van der Waals surface area contributed by atoms with Crippen LogP contribution in [-0.2, 0) is 22.3 Å². The first kappa shape index (κ1) is 17.2. The van der Waals surface area contributed by atoms with Gasteiger partial charge in [0.05, 0.1) is 11.1 Å². The minimum absolute atomic E-state index is 0.0448. The predicted octanol–water partition coefficient (Wildman–Crippen LogP) is 1.53. The highest BCUT2D eigenvalue weighted by Crippen LogP contribution is 2.41. The van der Waals surface area contributed by atoms with Crippen LogP contribution in [0.5, 0.6) is 0 Å². The molecule has 1 fully saturated rings. The van der Waals surface area contributed by atoms with Gasteiger partial charge in [-0.25, -0.2) is 0 Å². The maximum atomic E-state index is 13.3. The number of carbonyl (C=O) groups excluding carboxylic acids is 3. The number of halogens is 3. The van der Waals surface area contributed by atoms with Crippen LogP contribution in [0.25, 0.3) is 0 Å². The molecule has 0 spiro atoms. The summed E-state index contributed by atoms with van der Waals surface area (Å²) in [5.41, 5.74) is -0.683.